The summed E-state index contributed by atoms with van der Waals surface area (Å²) in [4.78, 5) is 25.2. The molecule has 0 heterocycles. The number of para-hydroxylation sites is 2. The fourth-order valence-corrected chi connectivity index (χ4v) is 3.79. The van der Waals surface area contributed by atoms with Crippen LogP contribution >= 0.6 is 0 Å². The minimum atomic E-state index is -5.33. The maximum absolute atomic E-state index is 14.9. The largest absolute Gasteiger partial charge is 0.461 e. The van der Waals surface area contributed by atoms with Crippen LogP contribution in [0, 0.1) is 0 Å². The highest BCUT2D eigenvalue weighted by molar-refractivity contribution is 6.07. The van der Waals surface area contributed by atoms with E-state index in [1.54, 1.807) is 12.1 Å². The van der Waals surface area contributed by atoms with Gasteiger partial charge in [0.05, 0.1) is 6.61 Å². The third-order valence-electron chi connectivity index (χ3n) is 5.88. The molecule has 0 unspecified atom stereocenters. The van der Waals surface area contributed by atoms with Crippen LogP contribution in [0.2, 0.25) is 0 Å². The molecule has 0 saturated heterocycles. The first-order valence-electron chi connectivity index (χ1n) is 12.6. The van der Waals surface area contributed by atoms with Gasteiger partial charge in [0.2, 0.25) is 0 Å². The maximum Gasteiger partial charge on any atom is 0.413 e. The Balaban J connectivity index is 1.93. The van der Waals surface area contributed by atoms with E-state index in [2.05, 4.69) is 11.7 Å². The summed E-state index contributed by atoms with van der Waals surface area (Å²) in [5, 5.41) is 0. The van der Waals surface area contributed by atoms with Gasteiger partial charge in [-0.15, -0.1) is 0 Å². The zero-order valence-corrected chi connectivity index (χ0v) is 20.7. The van der Waals surface area contributed by atoms with Gasteiger partial charge in [-0.25, -0.2) is 4.79 Å². The molecule has 2 aromatic carbocycles. The fraction of sp³-hybridized carbons (Fsp3) is 0.500. The van der Waals surface area contributed by atoms with Crippen molar-refractivity contribution in [3.05, 3.63) is 60.7 Å². The lowest BCUT2D eigenvalue weighted by atomic mass is 10.1. The zero-order valence-electron chi connectivity index (χ0n) is 20.7. The summed E-state index contributed by atoms with van der Waals surface area (Å²) in [7, 11) is 0. The van der Waals surface area contributed by atoms with Crippen molar-refractivity contribution in [3.8, 4) is 0 Å². The smallest absolute Gasteiger partial charge is 0.413 e. The maximum atomic E-state index is 14.9. The second-order valence-electron chi connectivity index (χ2n) is 8.78. The van der Waals surface area contributed by atoms with Crippen LogP contribution in [0.15, 0.2) is 60.7 Å². The first kappa shape index (κ1) is 29.3. The normalized spacial score (nSPS) is 11.8. The number of benzene rings is 2. The average molecular weight is 510 g/mol. The topological polar surface area (TPSA) is 46.6 Å². The zero-order chi connectivity index (χ0) is 26.4. The van der Waals surface area contributed by atoms with Crippen LogP contribution in [-0.4, -0.2) is 30.3 Å². The standard InChI is InChI=1S/C28H35F4NO3/c1-2-3-4-5-6-7-8-9-10-17-22-36-26(35)28(31,32)27(29,30)25(34)33(23-18-13-11-14-19-23)24-20-15-12-16-21-24/h11-16,18-21H,2-10,17,22H2,1H3. The Kier molecular flexibility index (Phi) is 11.9. The first-order valence-corrected chi connectivity index (χ1v) is 12.6. The number of ether oxygens (including phenoxy) is 1. The number of hydrogen-bond donors (Lipinski definition) is 0. The molecule has 8 heteroatoms. The van der Waals surface area contributed by atoms with E-state index in [-0.39, 0.29) is 17.8 Å². The summed E-state index contributed by atoms with van der Waals surface area (Å²) in [5.74, 6) is -15.3. The molecule has 2 aromatic rings. The number of alkyl halides is 4. The van der Waals surface area contributed by atoms with Gasteiger partial charge in [0, 0.05) is 11.4 Å². The Hall–Kier alpha value is -2.90. The number of halogens is 4. The number of esters is 1. The number of carbonyl (C=O) groups is 2. The molecule has 0 spiro atoms. The lowest BCUT2D eigenvalue weighted by Gasteiger charge is -2.30. The van der Waals surface area contributed by atoms with Gasteiger partial charge in [-0.3, -0.25) is 9.69 Å². The molecule has 0 aromatic heterocycles. The summed E-state index contributed by atoms with van der Waals surface area (Å²) >= 11 is 0. The van der Waals surface area contributed by atoms with Gasteiger partial charge >= 0.3 is 23.7 Å². The second-order valence-corrected chi connectivity index (χ2v) is 8.78. The quantitative estimate of drug-likeness (QED) is 0.131. The third-order valence-corrected chi connectivity index (χ3v) is 5.88. The number of hydrogen-bond acceptors (Lipinski definition) is 3. The van der Waals surface area contributed by atoms with Crippen molar-refractivity contribution in [2.75, 3.05) is 11.5 Å². The van der Waals surface area contributed by atoms with Gasteiger partial charge < -0.3 is 4.74 Å². The lowest BCUT2D eigenvalue weighted by molar-refractivity contribution is -0.224. The van der Waals surface area contributed by atoms with Crippen LogP contribution in [-0.2, 0) is 14.3 Å². The van der Waals surface area contributed by atoms with Crippen molar-refractivity contribution in [1.29, 1.82) is 0 Å². The van der Waals surface area contributed by atoms with E-state index in [0.717, 1.165) is 25.7 Å². The van der Waals surface area contributed by atoms with Crippen LogP contribution in [0.25, 0.3) is 0 Å². The van der Waals surface area contributed by atoms with Crippen LogP contribution in [0.1, 0.15) is 71.1 Å². The van der Waals surface area contributed by atoms with Crippen molar-refractivity contribution in [2.24, 2.45) is 0 Å². The van der Waals surface area contributed by atoms with Crippen LogP contribution in [0.4, 0.5) is 28.9 Å². The highest BCUT2D eigenvalue weighted by atomic mass is 19.3. The molecule has 4 nitrogen and oxygen atoms in total. The van der Waals surface area contributed by atoms with Crippen molar-refractivity contribution < 1.29 is 31.9 Å². The number of nitrogens with zero attached hydrogens (tertiary/aromatic N) is 1. The summed E-state index contributed by atoms with van der Waals surface area (Å²) in [5.41, 5.74) is -0.0780. The van der Waals surface area contributed by atoms with Crippen molar-refractivity contribution in [1.82, 2.24) is 0 Å². The third kappa shape index (κ3) is 8.07. The fourth-order valence-electron chi connectivity index (χ4n) is 3.79. The Morgan fingerprint density at radius 2 is 1.08 bits per heavy atom. The Morgan fingerprint density at radius 3 is 1.53 bits per heavy atom. The Morgan fingerprint density at radius 1 is 0.667 bits per heavy atom. The molecule has 0 saturated carbocycles. The summed E-state index contributed by atoms with van der Waals surface area (Å²) in [6, 6.07) is 14.5. The number of anilines is 2. The lowest BCUT2D eigenvalue weighted by Crippen LogP contribution is -2.57. The SMILES string of the molecule is CCCCCCCCCCCCOC(=O)C(F)(F)C(F)(F)C(=O)N(c1ccccc1)c1ccccc1. The molecule has 0 aliphatic heterocycles. The van der Waals surface area contributed by atoms with Gasteiger partial charge in [-0.1, -0.05) is 101 Å². The highest BCUT2D eigenvalue weighted by Gasteiger charge is 2.69. The number of amides is 1. The summed E-state index contributed by atoms with van der Waals surface area (Å²) < 4.78 is 63.3. The molecular weight excluding hydrogens is 474 g/mol. The molecule has 0 aliphatic carbocycles. The second kappa shape index (κ2) is 14.6. The average Bonchev–Trinajstić information content (AvgIpc) is 2.88. The van der Waals surface area contributed by atoms with Crippen LogP contribution < -0.4 is 4.90 Å². The van der Waals surface area contributed by atoms with E-state index in [1.807, 2.05) is 0 Å². The Labute approximate surface area is 210 Å². The van der Waals surface area contributed by atoms with Crippen LogP contribution in [0.3, 0.4) is 0 Å². The van der Waals surface area contributed by atoms with E-state index in [4.69, 9.17) is 0 Å². The summed E-state index contributed by atoms with van der Waals surface area (Å²) in [6.07, 6.45) is 9.82. The van der Waals surface area contributed by atoms with E-state index in [1.165, 1.54) is 74.2 Å². The van der Waals surface area contributed by atoms with Gasteiger partial charge in [0.1, 0.15) is 0 Å². The molecule has 0 N–H and O–H groups in total. The number of carbonyl (C=O) groups excluding carboxylic acids is 2. The minimum absolute atomic E-state index is 0.0390. The van der Waals surface area contributed by atoms with E-state index < -0.39 is 30.3 Å². The van der Waals surface area contributed by atoms with Crippen molar-refractivity contribution in [3.63, 3.8) is 0 Å². The van der Waals surface area contributed by atoms with Gasteiger partial charge in [-0.05, 0) is 30.7 Å². The van der Waals surface area contributed by atoms with E-state index in [0.29, 0.717) is 11.3 Å². The molecule has 0 radical (unpaired) electrons. The Bertz CT molecular complexity index is 883. The predicted octanol–water partition coefficient (Wildman–Crippen LogP) is 8.09. The molecule has 198 valence electrons. The molecule has 0 fully saturated rings. The molecular formula is C28H35F4NO3. The molecule has 0 bridgehead atoms. The van der Waals surface area contributed by atoms with Crippen molar-refractivity contribution >= 4 is 23.3 Å². The van der Waals surface area contributed by atoms with Crippen LogP contribution in [0.5, 0.6) is 0 Å². The van der Waals surface area contributed by atoms with E-state index in [9.17, 15) is 27.2 Å². The molecule has 0 aliphatic rings. The van der Waals surface area contributed by atoms with E-state index >= 15 is 0 Å². The van der Waals surface area contributed by atoms with Gasteiger partial charge in [-0.2, -0.15) is 17.6 Å². The molecule has 1 amide bonds. The highest BCUT2D eigenvalue weighted by Crippen LogP contribution is 2.40. The number of rotatable bonds is 16. The molecule has 0 atom stereocenters. The number of unbranched alkanes of at least 4 members (excludes halogenated alkanes) is 9. The van der Waals surface area contributed by atoms with Gasteiger partial charge in [0.15, 0.2) is 0 Å². The molecule has 36 heavy (non-hydrogen) atoms. The predicted molar refractivity (Wildman–Crippen MR) is 133 cm³/mol. The monoisotopic (exact) mass is 509 g/mol. The summed E-state index contributed by atoms with van der Waals surface area (Å²) in [6.45, 7) is 1.75. The first-order chi connectivity index (χ1) is 17.2. The molecule has 2 rings (SSSR count). The van der Waals surface area contributed by atoms with Crippen molar-refractivity contribution in [2.45, 2.75) is 83.0 Å². The van der Waals surface area contributed by atoms with Gasteiger partial charge in [0.25, 0.3) is 0 Å². The minimum Gasteiger partial charge on any atom is -0.461 e.